The van der Waals surface area contributed by atoms with E-state index < -0.39 is 21.7 Å². The van der Waals surface area contributed by atoms with Crippen LogP contribution in [0.25, 0.3) is 0 Å². The van der Waals surface area contributed by atoms with Crippen molar-refractivity contribution >= 4 is 16.0 Å². The Morgan fingerprint density at radius 2 is 2.05 bits per heavy atom. The lowest BCUT2D eigenvalue weighted by atomic mass is 10.0. The number of carbonyl (C=O) groups is 1. The van der Waals surface area contributed by atoms with Crippen LogP contribution in [-0.4, -0.2) is 35.7 Å². The number of aryl methyl sites for hydroxylation is 1. The molecular weight excluding hydrogens is 282 g/mol. The molecule has 0 saturated heterocycles. The fourth-order valence-corrected chi connectivity index (χ4v) is 3.61. The molecule has 7 nitrogen and oxygen atoms in total. The van der Waals surface area contributed by atoms with Crippen molar-refractivity contribution < 1.29 is 18.3 Å². The van der Waals surface area contributed by atoms with Crippen LogP contribution in [0.15, 0.2) is 4.90 Å². The number of carboxylic acid groups (broad SMARTS) is 1. The first-order valence-electron chi connectivity index (χ1n) is 6.49. The van der Waals surface area contributed by atoms with Crippen LogP contribution in [0.2, 0.25) is 0 Å². The number of aromatic amines is 1. The predicted molar refractivity (Wildman–Crippen MR) is 74.1 cm³/mol. The van der Waals surface area contributed by atoms with Gasteiger partial charge in [-0.1, -0.05) is 20.3 Å². The SMILES string of the molecule is CCC(C)CC(C)NS(=O)(=O)c1c(C(=O)O)n[nH]c1C. The van der Waals surface area contributed by atoms with Gasteiger partial charge in [0.05, 0.1) is 5.69 Å². The van der Waals surface area contributed by atoms with Gasteiger partial charge in [-0.25, -0.2) is 17.9 Å². The lowest BCUT2D eigenvalue weighted by Crippen LogP contribution is -2.34. The summed E-state index contributed by atoms with van der Waals surface area (Å²) in [7, 11) is -3.90. The zero-order chi connectivity index (χ0) is 15.5. The number of nitrogens with zero attached hydrogens (tertiary/aromatic N) is 1. The van der Waals surface area contributed by atoms with Gasteiger partial charge < -0.3 is 5.11 Å². The highest BCUT2D eigenvalue weighted by Gasteiger charge is 2.29. The second kappa shape index (κ2) is 6.36. The quantitative estimate of drug-likeness (QED) is 0.707. The van der Waals surface area contributed by atoms with Crippen molar-refractivity contribution in [1.82, 2.24) is 14.9 Å². The maximum atomic E-state index is 12.3. The van der Waals surface area contributed by atoms with Gasteiger partial charge in [0.2, 0.25) is 10.0 Å². The van der Waals surface area contributed by atoms with Crippen molar-refractivity contribution in [3.63, 3.8) is 0 Å². The Kier molecular flexibility index (Phi) is 5.29. The number of sulfonamides is 1. The van der Waals surface area contributed by atoms with E-state index in [1.807, 2.05) is 13.8 Å². The van der Waals surface area contributed by atoms with Crippen molar-refractivity contribution in [2.75, 3.05) is 0 Å². The Balaban J connectivity index is 3.00. The van der Waals surface area contributed by atoms with E-state index in [4.69, 9.17) is 5.11 Å². The molecule has 114 valence electrons. The predicted octanol–water partition coefficient (Wildman–Crippen LogP) is 1.52. The average molecular weight is 303 g/mol. The smallest absolute Gasteiger partial charge is 0.357 e. The van der Waals surface area contributed by atoms with E-state index >= 15 is 0 Å². The topological polar surface area (TPSA) is 112 Å². The molecule has 1 aromatic rings. The Labute approximate surface area is 118 Å². The number of hydrogen-bond donors (Lipinski definition) is 3. The summed E-state index contributed by atoms with van der Waals surface area (Å²) in [6, 6.07) is -0.272. The van der Waals surface area contributed by atoms with Crippen LogP contribution < -0.4 is 4.72 Å². The molecule has 0 aliphatic rings. The van der Waals surface area contributed by atoms with Crippen molar-refractivity contribution in [3.8, 4) is 0 Å². The van der Waals surface area contributed by atoms with Gasteiger partial charge in [0, 0.05) is 6.04 Å². The summed E-state index contributed by atoms with van der Waals surface area (Å²) in [6.07, 6.45) is 1.65. The monoisotopic (exact) mass is 303 g/mol. The second-order valence-corrected chi connectivity index (χ2v) is 6.75. The summed E-state index contributed by atoms with van der Waals surface area (Å²) in [4.78, 5) is 10.7. The van der Waals surface area contributed by atoms with Gasteiger partial charge in [-0.3, -0.25) is 5.10 Å². The summed E-state index contributed by atoms with van der Waals surface area (Å²) in [6.45, 7) is 7.32. The molecule has 1 heterocycles. The molecule has 0 aliphatic carbocycles. The Morgan fingerprint density at radius 3 is 2.55 bits per heavy atom. The normalized spacial score (nSPS) is 15.0. The van der Waals surface area contributed by atoms with Gasteiger partial charge in [0.25, 0.3) is 0 Å². The lowest BCUT2D eigenvalue weighted by Gasteiger charge is -2.17. The van der Waals surface area contributed by atoms with Crippen LogP contribution in [-0.2, 0) is 10.0 Å². The van der Waals surface area contributed by atoms with Crippen molar-refractivity contribution in [2.45, 2.75) is 51.5 Å². The van der Waals surface area contributed by atoms with Crippen LogP contribution in [0.3, 0.4) is 0 Å². The van der Waals surface area contributed by atoms with E-state index in [-0.39, 0.29) is 16.6 Å². The van der Waals surface area contributed by atoms with Crippen LogP contribution in [0.5, 0.6) is 0 Å². The molecule has 2 unspecified atom stereocenters. The maximum absolute atomic E-state index is 12.3. The number of aromatic carboxylic acids is 1. The molecule has 3 N–H and O–H groups in total. The molecule has 1 aromatic heterocycles. The Morgan fingerprint density at radius 1 is 1.45 bits per heavy atom. The van der Waals surface area contributed by atoms with E-state index in [2.05, 4.69) is 14.9 Å². The Bertz CT molecular complexity index is 580. The van der Waals surface area contributed by atoms with Crippen molar-refractivity contribution in [2.24, 2.45) is 5.92 Å². The van der Waals surface area contributed by atoms with E-state index in [1.54, 1.807) is 6.92 Å². The summed E-state index contributed by atoms with van der Waals surface area (Å²) in [5.74, 6) is -0.985. The fraction of sp³-hybridized carbons (Fsp3) is 0.667. The van der Waals surface area contributed by atoms with E-state index in [0.717, 1.165) is 6.42 Å². The van der Waals surface area contributed by atoms with Crippen LogP contribution in [0.1, 0.15) is 49.8 Å². The highest BCUT2D eigenvalue weighted by Crippen LogP contribution is 2.19. The molecule has 0 saturated carbocycles. The summed E-state index contributed by atoms with van der Waals surface area (Å²) in [5, 5.41) is 14.9. The van der Waals surface area contributed by atoms with E-state index in [9.17, 15) is 13.2 Å². The van der Waals surface area contributed by atoms with Crippen molar-refractivity contribution in [3.05, 3.63) is 11.4 Å². The molecule has 1 rings (SSSR count). The standard InChI is InChI=1S/C12H21N3O4S/c1-5-7(2)6-8(3)15-20(18,19)11-9(4)13-14-10(11)12(16)17/h7-8,15H,5-6H2,1-4H3,(H,13,14)(H,16,17). The van der Waals surface area contributed by atoms with Gasteiger partial charge in [-0.15, -0.1) is 0 Å². The molecule has 8 heteroatoms. The average Bonchev–Trinajstić information content (AvgIpc) is 2.70. The number of nitrogens with one attached hydrogen (secondary N) is 2. The lowest BCUT2D eigenvalue weighted by molar-refractivity contribution is 0.0686. The minimum atomic E-state index is -3.90. The number of rotatable bonds is 7. The summed E-state index contributed by atoms with van der Waals surface area (Å²) >= 11 is 0. The number of hydrogen-bond acceptors (Lipinski definition) is 4. The minimum Gasteiger partial charge on any atom is -0.476 e. The first kappa shape index (κ1) is 16.6. The van der Waals surface area contributed by atoms with Crippen LogP contribution in [0.4, 0.5) is 0 Å². The number of aromatic nitrogens is 2. The highest BCUT2D eigenvalue weighted by molar-refractivity contribution is 7.89. The molecule has 0 radical (unpaired) electrons. The first-order chi connectivity index (χ1) is 9.19. The fourth-order valence-electron chi connectivity index (χ4n) is 2.03. The van der Waals surface area contributed by atoms with Gasteiger partial charge >= 0.3 is 5.97 Å². The summed E-state index contributed by atoms with van der Waals surface area (Å²) in [5.41, 5.74) is -0.267. The summed E-state index contributed by atoms with van der Waals surface area (Å²) < 4.78 is 27.1. The van der Waals surface area contributed by atoms with Gasteiger partial charge in [-0.05, 0) is 26.2 Å². The molecule has 0 spiro atoms. The minimum absolute atomic E-state index is 0.214. The molecule has 0 bridgehead atoms. The molecule has 0 aliphatic heterocycles. The molecular formula is C12H21N3O4S. The number of H-pyrrole nitrogens is 1. The molecule has 0 amide bonds. The molecule has 0 fully saturated rings. The molecule has 20 heavy (non-hydrogen) atoms. The highest BCUT2D eigenvalue weighted by atomic mass is 32.2. The Hall–Kier alpha value is -1.41. The molecule has 0 aromatic carbocycles. The largest absolute Gasteiger partial charge is 0.476 e. The van der Waals surface area contributed by atoms with Crippen LogP contribution in [0, 0.1) is 12.8 Å². The third-order valence-electron chi connectivity index (χ3n) is 3.17. The zero-order valence-corrected chi connectivity index (χ0v) is 12.9. The maximum Gasteiger partial charge on any atom is 0.357 e. The first-order valence-corrected chi connectivity index (χ1v) is 7.97. The zero-order valence-electron chi connectivity index (χ0n) is 12.1. The van der Waals surface area contributed by atoms with Gasteiger partial charge in [-0.2, -0.15) is 5.10 Å². The molecule has 2 atom stereocenters. The number of carboxylic acids is 1. The second-order valence-electron chi connectivity index (χ2n) is 5.10. The third kappa shape index (κ3) is 3.80. The van der Waals surface area contributed by atoms with E-state index in [1.165, 1.54) is 6.92 Å². The van der Waals surface area contributed by atoms with Crippen molar-refractivity contribution in [1.29, 1.82) is 0 Å². The third-order valence-corrected chi connectivity index (χ3v) is 4.92. The van der Waals surface area contributed by atoms with Gasteiger partial charge in [0.1, 0.15) is 4.90 Å². The van der Waals surface area contributed by atoms with Crippen LogP contribution >= 0.6 is 0 Å². The van der Waals surface area contributed by atoms with Gasteiger partial charge in [0.15, 0.2) is 5.69 Å². The van der Waals surface area contributed by atoms with E-state index in [0.29, 0.717) is 12.3 Å².